The molecule has 0 aliphatic carbocycles. The zero-order valence-electron chi connectivity index (χ0n) is 13.6. The van der Waals surface area contributed by atoms with Crippen molar-refractivity contribution >= 4 is 27.9 Å². The first-order chi connectivity index (χ1) is 10.7. The highest BCUT2D eigenvalue weighted by Crippen LogP contribution is 2.14. The van der Waals surface area contributed by atoms with Gasteiger partial charge in [0.25, 0.3) is 0 Å². The van der Waals surface area contributed by atoms with Gasteiger partial charge < -0.3 is 15.0 Å². The summed E-state index contributed by atoms with van der Waals surface area (Å²) < 4.78 is 6.12. The molecule has 1 aliphatic heterocycles. The van der Waals surface area contributed by atoms with E-state index in [1.807, 2.05) is 32.9 Å². The maximum Gasteiger partial charge on any atom is 0.407 e. The topological polar surface area (TPSA) is 71.5 Å². The molecule has 7 heteroatoms. The van der Waals surface area contributed by atoms with E-state index in [-0.39, 0.29) is 18.4 Å². The van der Waals surface area contributed by atoms with Crippen LogP contribution in [0.2, 0.25) is 0 Å². The lowest BCUT2D eigenvalue weighted by molar-refractivity contribution is -0.129. The molecule has 2 amide bonds. The fourth-order valence-corrected chi connectivity index (χ4v) is 2.59. The van der Waals surface area contributed by atoms with Crippen molar-refractivity contribution in [3.8, 4) is 0 Å². The number of alkyl carbamates (subject to hydrolysis) is 1. The van der Waals surface area contributed by atoms with E-state index in [9.17, 15) is 9.59 Å². The standard InChI is InChI=1S/C16H22BrN3O3/c1-16(2,3)23-15(22)19-13-6-7-20(10-13)14(21)8-12-5-4-11(17)9-18-12/h4-5,9,13H,6-8,10H2,1-3H3,(H,19,22)/t13-/m0/s1. The summed E-state index contributed by atoms with van der Waals surface area (Å²) in [5.74, 6) is 0.0216. The first-order valence-electron chi connectivity index (χ1n) is 7.60. The zero-order chi connectivity index (χ0) is 17.0. The summed E-state index contributed by atoms with van der Waals surface area (Å²) in [6, 6.07) is 3.63. The average Bonchev–Trinajstić information content (AvgIpc) is 2.87. The molecule has 6 nitrogen and oxygen atoms in total. The fraction of sp³-hybridized carbons (Fsp3) is 0.562. The Bertz CT molecular complexity index is 569. The van der Waals surface area contributed by atoms with Gasteiger partial charge in [0.15, 0.2) is 0 Å². The molecule has 1 aromatic rings. The number of carbonyl (C=O) groups excluding carboxylic acids is 2. The first kappa shape index (κ1) is 17.7. The molecule has 0 unspecified atom stereocenters. The lowest BCUT2D eigenvalue weighted by atomic mass is 10.2. The largest absolute Gasteiger partial charge is 0.444 e. The number of ether oxygens (including phenoxy) is 1. The smallest absolute Gasteiger partial charge is 0.407 e. The third kappa shape index (κ3) is 5.82. The summed E-state index contributed by atoms with van der Waals surface area (Å²) >= 11 is 3.32. The zero-order valence-corrected chi connectivity index (χ0v) is 15.2. The SMILES string of the molecule is CC(C)(C)OC(=O)N[C@H]1CCN(C(=O)Cc2ccc(Br)cn2)C1. The minimum absolute atomic E-state index is 0.0216. The third-order valence-corrected chi connectivity index (χ3v) is 3.85. The number of hydrogen-bond donors (Lipinski definition) is 1. The van der Waals surface area contributed by atoms with Crippen molar-refractivity contribution in [3.05, 3.63) is 28.5 Å². The van der Waals surface area contributed by atoms with Gasteiger partial charge in [0, 0.05) is 29.5 Å². The van der Waals surface area contributed by atoms with Crippen molar-refractivity contribution in [3.63, 3.8) is 0 Å². The molecule has 1 saturated heterocycles. The van der Waals surface area contributed by atoms with Crippen LogP contribution in [0.15, 0.2) is 22.8 Å². The summed E-state index contributed by atoms with van der Waals surface area (Å²) in [4.78, 5) is 30.0. The van der Waals surface area contributed by atoms with E-state index in [2.05, 4.69) is 26.2 Å². The molecule has 23 heavy (non-hydrogen) atoms. The van der Waals surface area contributed by atoms with Crippen LogP contribution in [0.1, 0.15) is 32.9 Å². The van der Waals surface area contributed by atoms with Crippen molar-refractivity contribution in [2.24, 2.45) is 0 Å². The molecule has 2 heterocycles. The van der Waals surface area contributed by atoms with Crippen LogP contribution < -0.4 is 5.32 Å². The van der Waals surface area contributed by atoms with Gasteiger partial charge in [-0.3, -0.25) is 9.78 Å². The lowest BCUT2D eigenvalue weighted by Gasteiger charge is -2.22. The highest BCUT2D eigenvalue weighted by molar-refractivity contribution is 9.10. The Hall–Kier alpha value is -1.63. The van der Waals surface area contributed by atoms with Crippen LogP contribution in [0.3, 0.4) is 0 Å². The number of halogens is 1. The molecule has 1 fully saturated rings. The summed E-state index contributed by atoms with van der Waals surface area (Å²) in [5.41, 5.74) is 0.215. The Balaban J connectivity index is 1.81. The molecule has 0 bridgehead atoms. The number of rotatable bonds is 3. The summed E-state index contributed by atoms with van der Waals surface area (Å²) in [6.07, 6.45) is 2.25. The van der Waals surface area contributed by atoms with Crippen LogP contribution in [0, 0.1) is 0 Å². The maximum absolute atomic E-state index is 12.3. The van der Waals surface area contributed by atoms with Gasteiger partial charge in [0.05, 0.1) is 12.5 Å². The highest BCUT2D eigenvalue weighted by atomic mass is 79.9. The van der Waals surface area contributed by atoms with Gasteiger partial charge in [-0.05, 0) is 55.3 Å². The van der Waals surface area contributed by atoms with Gasteiger partial charge in [-0.2, -0.15) is 0 Å². The molecular weight excluding hydrogens is 362 g/mol. The van der Waals surface area contributed by atoms with E-state index in [0.717, 1.165) is 16.6 Å². The fourth-order valence-electron chi connectivity index (χ4n) is 2.36. The van der Waals surface area contributed by atoms with Crippen LogP contribution in [0.4, 0.5) is 4.79 Å². The van der Waals surface area contributed by atoms with Gasteiger partial charge in [0.1, 0.15) is 5.60 Å². The summed E-state index contributed by atoms with van der Waals surface area (Å²) in [6.45, 7) is 6.61. The van der Waals surface area contributed by atoms with Crippen molar-refractivity contribution in [2.45, 2.75) is 45.3 Å². The number of amides is 2. The van der Waals surface area contributed by atoms with Crippen molar-refractivity contribution in [2.75, 3.05) is 13.1 Å². The number of likely N-dealkylation sites (tertiary alicyclic amines) is 1. The van der Waals surface area contributed by atoms with E-state index < -0.39 is 11.7 Å². The number of pyridine rings is 1. The molecule has 1 N–H and O–H groups in total. The van der Waals surface area contributed by atoms with Crippen LogP contribution in [0.5, 0.6) is 0 Å². The Labute approximate surface area is 144 Å². The van der Waals surface area contributed by atoms with Crippen LogP contribution in [-0.4, -0.2) is 46.6 Å². The van der Waals surface area contributed by atoms with E-state index in [1.54, 1.807) is 11.1 Å². The van der Waals surface area contributed by atoms with E-state index >= 15 is 0 Å². The van der Waals surface area contributed by atoms with Crippen molar-refractivity contribution in [1.82, 2.24) is 15.2 Å². The second-order valence-corrected chi connectivity index (χ2v) is 7.53. The molecule has 1 aromatic heterocycles. The molecule has 1 atom stereocenters. The number of nitrogens with zero attached hydrogens (tertiary/aromatic N) is 2. The second kappa shape index (κ2) is 7.29. The van der Waals surface area contributed by atoms with Gasteiger partial charge in [0.2, 0.25) is 5.91 Å². The maximum atomic E-state index is 12.3. The Kier molecular flexibility index (Phi) is 5.62. The minimum Gasteiger partial charge on any atom is -0.444 e. The quantitative estimate of drug-likeness (QED) is 0.870. The lowest BCUT2D eigenvalue weighted by Crippen LogP contribution is -2.41. The molecule has 2 rings (SSSR count). The molecule has 126 valence electrons. The molecule has 0 radical (unpaired) electrons. The highest BCUT2D eigenvalue weighted by Gasteiger charge is 2.28. The Morgan fingerprint density at radius 3 is 2.78 bits per heavy atom. The minimum atomic E-state index is -0.522. The molecule has 0 spiro atoms. The first-order valence-corrected chi connectivity index (χ1v) is 8.40. The van der Waals surface area contributed by atoms with E-state index in [1.165, 1.54) is 0 Å². The van der Waals surface area contributed by atoms with Crippen molar-refractivity contribution in [1.29, 1.82) is 0 Å². The average molecular weight is 384 g/mol. The van der Waals surface area contributed by atoms with Crippen LogP contribution in [-0.2, 0) is 16.0 Å². The normalized spacial score (nSPS) is 17.9. The number of nitrogens with one attached hydrogen (secondary N) is 1. The second-order valence-electron chi connectivity index (χ2n) is 6.62. The van der Waals surface area contributed by atoms with E-state index in [0.29, 0.717) is 13.1 Å². The molecule has 0 saturated carbocycles. The van der Waals surface area contributed by atoms with Crippen LogP contribution in [0.25, 0.3) is 0 Å². The summed E-state index contributed by atoms with van der Waals surface area (Å²) in [7, 11) is 0. The predicted molar refractivity (Wildman–Crippen MR) is 90.0 cm³/mol. The number of carbonyl (C=O) groups is 2. The number of aromatic nitrogens is 1. The Morgan fingerprint density at radius 1 is 1.43 bits per heavy atom. The number of hydrogen-bond acceptors (Lipinski definition) is 4. The molecular formula is C16H22BrN3O3. The monoisotopic (exact) mass is 383 g/mol. The van der Waals surface area contributed by atoms with Gasteiger partial charge in [-0.15, -0.1) is 0 Å². The van der Waals surface area contributed by atoms with Gasteiger partial charge in [-0.1, -0.05) is 0 Å². The Morgan fingerprint density at radius 2 is 2.17 bits per heavy atom. The molecule has 0 aromatic carbocycles. The van der Waals surface area contributed by atoms with Gasteiger partial charge in [-0.25, -0.2) is 4.79 Å². The third-order valence-electron chi connectivity index (χ3n) is 3.38. The predicted octanol–water partition coefficient (Wildman–Crippen LogP) is 2.51. The van der Waals surface area contributed by atoms with Crippen molar-refractivity contribution < 1.29 is 14.3 Å². The van der Waals surface area contributed by atoms with Gasteiger partial charge >= 0.3 is 6.09 Å². The molecule has 1 aliphatic rings. The van der Waals surface area contributed by atoms with Crippen LogP contribution >= 0.6 is 15.9 Å². The summed E-state index contributed by atoms with van der Waals surface area (Å²) in [5, 5.41) is 2.81. The van der Waals surface area contributed by atoms with E-state index in [4.69, 9.17) is 4.74 Å².